The smallest absolute Gasteiger partial charge is 0.309 e. The van der Waals surface area contributed by atoms with Gasteiger partial charge >= 0.3 is 5.97 Å². The number of hydrogen-bond donors (Lipinski definition) is 2. The van der Waals surface area contributed by atoms with Crippen LogP contribution in [0.4, 0.5) is 0 Å². The topological polar surface area (TPSA) is 104 Å². The van der Waals surface area contributed by atoms with Crippen molar-refractivity contribution in [1.82, 2.24) is 9.62 Å². The molecule has 136 valence electrons. The minimum atomic E-state index is -3.62. The summed E-state index contributed by atoms with van der Waals surface area (Å²) in [6, 6.07) is 6.70. The van der Waals surface area contributed by atoms with Crippen LogP contribution in [-0.4, -0.2) is 54.6 Å². The van der Waals surface area contributed by atoms with Crippen molar-refractivity contribution in [3.63, 3.8) is 0 Å². The molecule has 9 heteroatoms. The first kappa shape index (κ1) is 18.2. The van der Waals surface area contributed by atoms with Crippen LogP contribution in [0.1, 0.15) is 19.3 Å². The Bertz CT molecular complexity index is 783. The molecule has 2 aliphatic heterocycles. The molecule has 3 rings (SSSR count). The molecular weight excluding hydrogens is 364 g/mol. The van der Waals surface area contributed by atoms with Gasteiger partial charge in [-0.1, -0.05) is 0 Å². The van der Waals surface area contributed by atoms with E-state index >= 15 is 0 Å². The number of nitrogens with zero attached hydrogens (tertiary/aromatic N) is 1. The summed E-state index contributed by atoms with van der Waals surface area (Å²) in [4.78, 5) is 24.3. The van der Waals surface area contributed by atoms with Gasteiger partial charge in [-0.05, 0) is 43.4 Å². The average molecular weight is 384 g/mol. The van der Waals surface area contributed by atoms with Crippen LogP contribution in [0.5, 0.6) is 0 Å². The zero-order valence-electron chi connectivity index (χ0n) is 13.8. The zero-order chi connectivity index (χ0) is 18.2. The van der Waals surface area contributed by atoms with Crippen molar-refractivity contribution in [1.29, 1.82) is 0 Å². The van der Waals surface area contributed by atoms with Crippen molar-refractivity contribution >= 4 is 33.7 Å². The van der Waals surface area contributed by atoms with Crippen LogP contribution in [0.3, 0.4) is 0 Å². The van der Waals surface area contributed by atoms with Gasteiger partial charge in [0.05, 0.1) is 16.4 Å². The van der Waals surface area contributed by atoms with E-state index in [2.05, 4.69) is 5.32 Å². The van der Waals surface area contributed by atoms with Crippen molar-refractivity contribution in [2.24, 2.45) is 5.92 Å². The van der Waals surface area contributed by atoms with E-state index in [-0.39, 0.29) is 30.3 Å². The lowest BCUT2D eigenvalue weighted by molar-refractivity contribution is -0.144. The van der Waals surface area contributed by atoms with Gasteiger partial charge in [-0.3, -0.25) is 9.59 Å². The highest BCUT2D eigenvalue weighted by Gasteiger charge is 2.52. The first-order valence-corrected chi connectivity index (χ1v) is 10.6. The summed E-state index contributed by atoms with van der Waals surface area (Å²) in [7, 11) is -3.62. The highest BCUT2D eigenvalue weighted by Crippen LogP contribution is 2.38. The third-order valence-corrected chi connectivity index (χ3v) is 7.71. The van der Waals surface area contributed by atoms with Crippen LogP contribution in [0.25, 0.3) is 0 Å². The maximum atomic E-state index is 12.8. The molecule has 2 saturated heterocycles. The van der Waals surface area contributed by atoms with Gasteiger partial charge in [-0.25, -0.2) is 8.42 Å². The third-order valence-electron chi connectivity index (χ3n) is 5.05. The molecule has 2 aliphatic rings. The number of sulfonamides is 1. The molecule has 2 heterocycles. The average Bonchev–Trinajstić information content (AvgIpc) is 2.91. The number of amides is 1. The SMILES string of the molecule is CSc1ccc(S(=O)(=O)N2CCC3(CC2)NC(=O)C[C@H]3C(=O)O)cc1. The van der Waals surface area contributed by atoms with Crippen molar-refractivity contribution in [3.8, 4) is 0 Å². The molecule has 0 bridgehead atoms. The van der Waals surface area contributed by atoms with Crippen molar-refractivity contribution in [3.05, 3.63) is 24.3 Å². The van der Waals surface area contributed by atoms with E-state index in [1.54, 1.807) is 24.3 Å². The van der Waals surface area contributed by atoms with E-state index in [9.17, 15) is 23.1 Å². The molecule has 25 heavy (non-hydrogen) atoms. The predicted molar refractivity (Wildman–Crippen MR) is 92.8 cm³/mol. The standard InChI is InChI=1S/C16H20N2O5S2/c1-24-11-2-4-12(5-3-11)25(22,23)18-8-6-16(7-9-18)13(15(20)21)10-14(19)17-16/h2-5,13H,6-10H2,1H3,(H,17,19)(H,20,21)/t13-/m0/s1. The molecule has 1 aromatic carbocycles. The lowest BCUT2D eigenvalue weighted by atomic mass is 9.78. The third kappa shape index (κ3) is 3.28. The fourth-order valence-electron chi connectivity index (χ4n) is 3.62. The largest absolute Gasteiger partial charge is 0.481 e. The normalized spacial score (nSPS) is 23.6. The molecule has 0 saturated carbocycles. The van der Waals surface area contributed by atoms with E-state index in [1.807, 2.05) is 6.26 Å². The summed E-state index contributed by atoms with van der Waals surface area (Å²) in [6.07, 6.45) is 2.48. The van der Waals surface area contributed by atoms with Crippen LogP contribution < -0.4 is 5.32 Å². The Morgan fingerprint density at radius 3 is 2.40 bits per heavy atom. The maximum absolute atomic E-state index is 12.8. The van der Waals surface area contributed by atoms with Crippen LogP contribution >= 0.6 is 11.8 Å². The van der Waals surface area contributed by atoms with E-state index in [1.165, 1.54) is 16.1 Å². The monoisotopic (exact) mass is 384 g/mol. The molecule has 2 N–H and O–H groups in total. The summed E-state index contributed by atoms with van der Waals surface area (Å²) >= 11 is 1.54. The van der Waals surface area contributed by atoms with Gasteiger partial charge in [-0.15, -0.1) is 11.8 Å². The number of carboxylic acid groups (broad SMARTS) is 1. The summed E-state index contributed by atoms with van der Waals surface area (Å²) in [6.45, 7) is 0.382. The minimum absolute atomic E-state index is 0.0434. The lowest BCUT2D eigenvalue weighted by Gasteiger charge is -2.40. The van der Waals surface area contributed by atoms with Gasteiger partial charge < -0.3 is 10.4 Å². The Balaban J connectivity index is 1.77. The van der Waals surface area contributed by atoms with Crippen molar-refractivity contribution in [2.45, 2.75) is 34.6 Å². The molecular formula is C16H20N2O5S2. The maximum Gasteiger partial charge on any atom is 0.309 e. The number of carbonyl (C=O) groups is 2. The first-order valence-electron chi connectivity index (χ1n) is 7.96. The Hall–Kier alpha value is -1.58. The van der Waals surface area contributed by atoms with Gasteiger partial charge in [0, 0.05) is 24.4 Å². The van der Waals surface area contributed by atoms with Gasteiger partial charge in [0.15, 0.2) is 0 Å². The molecule has 1 amide bonds. The molecule has 7 nitrogen and oxygen atoms in total. The molecule has 2 fully saturated rings. The second-order valence-electron chi connectivity index (χ2n) is 6.38. The van der Waals surface area contributed by atoms with E-state index < -0.39 is 27.4 Å². The Labute approximate surface area is 150 Å². The fourth-order valence-corrected chi connectivity index (χ4v) is 5.47. The van der Waals surface area contributed by atoms with E-state index in [0.717, 1.165) is 4.90 Å². The van der Waals surface area contributed by atoms with Gasteiger partial charge in [0.2, 0.25) is 15.9 Å². The number of benzene rings is 1. The zero-order valence-corrected chi connectivity index (χ0v) is 15.4. The molecule has 0 unspecified atom stereocenters. The highest BCUT2D eigenvalue weighted by atomic mass is 32.2. The Morgan fingerprint density at radius 1 is 1.28 bits per heavy atom. The van der Waals surface area contributed by atoms with Crippen LogP contribution in [-0.2, 0) is 19.6 Å². The van der Waals surface area contributed by atoms with Gasteiger partial charge in [-0.2, -0.15) is 4.31 Å². The second-order valence-corrected chi connectivity index (χ2v) is 9.20. The predicted octanol–water partition coefficient (Wildman–Crippen LogP) is 1.15. The van der Waals surface area contributed by atoms with Gasteiger partial charge in [0.25, 0.3) is 0 Å². The van der Waals surface area contributed by atoms with E-state index in [0.29, 0.717) is 12.8 Å². The van der Waals surface area contributed by atoms with Crippen molar-refractivity contribution in [2.75, 3.05) is 19.3 Å². The molecule has 1 atom stereocenters. The molecule has 0 aromatic heterocycles. The number of hydrogen-bond acceptors (Lipinski definition) is 5. The number of piperidine rings is 1. The Morgan fingerprint density at radius 2 is 1.88 bits per heavy atom. The number of carbonyl (C=O) groups excluding carboxylic acids is 1. The number of thioether (sulfide) groups is 1. The molecule has 1 aromatic rings. The van der Waals surface area contributed by atoms with E-state index in [4.69, 9.17) is 0 Å². The number of rotatable bonds is 4. The summed E-state index contributed by atoms with van der Waals surface area (Å²) < 4.78 is 26.9. The number of aliphatic carboxylic acids is 1. The summed E-state index contributed by atoms with van der Waals surface area (Å²) in [5, 5.41) is 12.2. The summed E-state index contributed by atoms with van der Waals surface area (Å²) in [5.41, 5.74) is -0.836. The van der Waals surface area contributed by atoms with Crippen LogP contribution in [0.2, 0.25) is 0 Å². The minimum Gasteiger partial charge on any atom is -0.481 e. The van der Waals surface area contributed by atoms with Crippen LogP contribution in [0.15, 0.2) is 34.1 Å². The quantitative estimate of drug-likeness (QED) is 0.755. The Kier molecular flexibility index (Phi) is 4.82. The molecule has 0 radical (unpaired) electrons. The second kappa shape index (κ2) is 6.62. The first-order chi connectivity index (χ1) is 11.8. The van der Waals surface area contributed by atoms with Crippen LogP contribution in [0, 0.1) is 5.92 Å². The van der Waals surface area contributed by atoms with Crippen molar-refractivity contribution < 1.29 is 23.1 Å². The number of nitrogens with one attached hydrogen (secondary N) is 1. The highest BCUT2D eigenvalue weighted by molar-refractivity contribution is 7.98. The molecule has 0 aliphatic carbocycles. The van der Waals surface area contributed by atoms with Gasteiger partial charge in [0.1, 0.15) is 0 Å². The fraction of sp³-hybridized carbons (Fsp3) is 0.500. The summed E-state index contributed by atoms with van der Waals surface area (Å²) in [5.74, 6) is -2.09. The lowest BCUT2D eigenvalue weighted by Crippen LogP contribution is -2.56. The molecule has 1 spiro atoms. The number of carboxylic acids is 1.